The van der Waals surface area contributed by atoms with E-state index in [1.165, 1.54) is 6.07 Å². The van der Waals surface area contributed by atoms with Gasteiger partial charge in [0.05, 0.1) is 22.3 Å². The number of halogens is 3. The topological polar surface area (TPSA) is 57.8 Å². The Hall–Kier alpha value is -2.48. The first-order chi connectivity index (χ1) is 11.8. The minimum atomic E-state index is -4.40. The summed E-state index contributed by atoms with van der Waals surface area (Å²) < 4.78 is 38.1. The molecule has 0 saturated carbocycles. The van der Waals surface area contributed by atoms with E-state index in [4.69, 9.17) is 0 Å². The van der Waals surface area contributed by atoms with E-state index in [0.29, 0.717) is 16.4 Å². The number of imidazole rings is 1. The number of aryl methyl sites for hydroxylation is 1. The van der Waals surface area contributed by atoms with E-state index in [1.54, 1.807) is 12.1 Å². The minimum Gasteiger partial charge on any atom is -0.333 e. The van der Waals surface area contributed by atoms with Crippen LogP contribution in [0, 0.1) is 6.92 Å². The molecule has 1 aromatic heterocycles. The van der Waals surface area contributed by atoms with Gasteiger partial charge in [0.15, 0.2) is 5.16 Å². The summed E-state index contributed by atoms with van der Waals surface area (Å²) in [6.45, 7) is 1.95. The van der Waals surface area contributed by atoms with E-state index in [9.17, 15) is 18.0 Å². The number of nitrogens with zero attached hydrogens (tertiary/aromatic N) is 1. The highest BCUT2D eigenvalue weighted by Gasteiger charge is 2.30. The quantitative estimate of drug-likeness (QED) is 0.663. The van der Waals surface area contributed by atoms with Crippen LogP contribution in [-0.2, 0) is 11.0 Å². The molecule has 8 heteroatoms. The molecule has 0 unspecified atom stereocenters. The molecule has 0 aliphatic carbocycles. The molecule has 3 rings (SSSR count). The number of anilines is 1. The SMILES string of the molecule is Cc1ccc(NC(=O)CSc2nc3ccc(C(F)(F)F)cc3[nH]2)cc1. The Morgan fingerprint density at radius 1 is 1.20 bits per heavy atom. The summed E-state index contributed by atoms with van der Waals surface area (Å²) >= 11 is 1.13. The fourth-order valence-electron chi connectivity index (χ4n) is 2.20. The van der Waals surface area contributed by atoms with Crippen LogP contribution in [0.3, 0.4) is 0 Å². The Balaban J connectivity index is 1.64. The van der Waals surface area contributed by atoms with Crippen molar-refractivity contribution >= 4 is 34.4 Å². The molecule has 0 aliphatic heterocycles. The number of hydrogen-bond acceptors (Lipinski definition) is 3. The second kappa shape index (κ2) is 6.79. The lowest BCUT2D eigenvalue weighted by molar-refractivity contribution is -0.137. The Kier molecular flexibility index (Phi) is 4.71. The van der Waals surface area contributed by atoms with E-state index >= 15 is 0 Å². The summed E-state index contributed by atoms with van der Waals surface area (Å²) in [6.07, 6.45) is -4.40. The minimum absolute atomic E-state index is 0.0970. The number of aromatic nitrogens is 2. The smallest absolute Gasteiger partial charge is 0.333 e. The molecule has 0 atom stereocenters. The maximum atomic E-state index is 12.7. The van der Waals surface area contributed by atoms with Crippen molar-refractivity contribution < 1.29 is 18.0 Å². The molecule has 4 nitrogen and oxygen atoms in total. The van der Waals surface area contributed by atoms with Crippen LogP contribution in [0.5, 0.6) is 0 Å². The molecular weight excluding hydrogens is 351 g/mol. The van der Waals surface area contributed by atoms with Gasteiger partial charge in [-0.1, -0.05) is 29.5 Å². The number of rotatable bonds is 4. The van der Waals surface area contributed by atoms with Crippen molar-refractivity contribution in [1.29, 1.82) is 0 Å². The Morgan fingerprint density at radius 3 is 2.60 bits per heavy atom. The monoisotopic (exact) mass is 365 g/mol. The lowest BCUT2D eigenvalue weighted by Gasteiger charge is -2.05. The molecule has 3 aromatic rings. The van der Waals surface area contributed by atoms with Gasteiger partial charge >= 0.3 is 6.18 Å². The average molecular weight is 365 g/mol. The van der Waals surface area contributed by atoms with Crippen molar-refractivity contribution in [2.45, 2.75) is 18.3 Å². The van der Waals surface area contributed by atoms with E-state index in [-0.39, 0.29) is 17.2 Å². The van der Waals surface area contributed by atoms with Crippen LogP contribution in [0.2, 0.25) is 0 Å². The average Bonchev–Trinajstić information content (AvgIpc) is 2.96. The highest BCUT2D eigenvalue weighted by atomic mass is 32.2. The van der Waals surface area contributed by atoms with Crippen LogP contribution >= 0.6 is 11.8 Å². The zero-order valence-electron chi connectivity index (χ0n) is 13.1. The zero-order valence-corrected chi connectivity index (χ0v) is 14.0. The van der Waals surface area contributed by atoms with Gasteiger partial charge in [-0.05, 0) is 37.3 Å². The first-order valence-electron chi connectivity index (χ1n) is 7.37. The maximum Gasteiger partial charge on any atom is 0.416 e. The molecular formula is C17H14F3N3OS. The molecule has 0 aliphatic rings. The van der Waals surface area contributed by atoms with Gasteiger partial charge in [0.25, 0.3) is 0 Å². The van der Waals surface area contributed by atoms with Crippen molar-refractivity contribution in [2.24, 2.45) is 0 Å². The van der Waals surface area contributed by atoms with Gasteiger partial charge in [0.1, 0.15) is 0 Å². The number of carbonyl (C=O) groups is 1. The molecule has 0 radical (unpaired) electrons. The summed E-state index contributed by atoms with van der Waals surface area (Å²) in [7, 11) is 0. The molecule has 2 aromatic carbocycles. The number of amides is 1. The molecule has 0 spiro atoms. The van der Waals surface area contributed by atoms with Gasteiger partial charge in [-0.2, -0.15) is 13.2 Å². The summed E-state index contributed by atoms with van der Waals surface area (Å²) in [4.78, 5) is 18.9. The lowest BCUT2D eigenvalue weighted by atomic mass is 10.2. The molecule has 130 valence electrons. The van der Waals surface area contributed by atoms with Crippen molar-refractivity contribution in [3.05, 3.63) is 53.6 Å². The fraction of sp³-hybridized carbons (Fsp3) is 0.176. The largest absolute Gasteiger partial charge is 0.416 e. The van der Waals surface area contributed by atoms with Crippen LogP contribution in [0.1, 0.15) is 11.1 Å². The molecule has 2 N–H and O–H groups in total. The Labute approximate surface area is 145 Å². The van der Waals surface area contributed by atoms with Gasteiger partial charge < -0.3 is 10.3 Å². The van der Waals surface area contributed by atoms with Gasteiger partial charge in [0, 0.05) is 5.69 Å². The van der Waals surface area contributed by atoms with Crippen LogP contribution < -0.4 is 5.32 Å². The zero-order chi connectivity index (χ0) is 18.0. The van der Waals surface area contributed by atoms with Gasteiger partial charge in [-0.15, -0.1) is 0 Å². The highest BCUT2D eigenvalue weighted by Crippen LogP contribution is 2.31. The molecule has 1 amide bonds. The fourth-order valence-corrected chi connectivity index (χ4v) is 2.88. The van der Waals surface area contributed by atoms with Gasteiger partial charge in [-0.25, -0.2) is 4.98 Å². The van der Waals surface area contributed by atoms with Crippen molar-refractivity contribution in [2.75, 3.05) is 11.1 Å². The normalized spacial score (nSPS) is 11.7. The second-order valence-corrected chi connectivity index (χ2v) is 6.44. The number of thioether (sulfide) groups is 1. The van der Waals surface area contributed by atoms with Gasteiger partial charge in [-0.3, -0.25) is 4.79 Å². The standard InChI is InChI=1S/C17H14F3N3OS/c1-10-2-5-12(6-3-10)21-15(24)9-25-16-22-13-7-4-11(17(18,19)20)8-14(13)23-16/h2-8H,9H2,1H3,(H,21,24)(H,22,23). The van der Waals surface area contributed by atoms with Crippen LogP contribution in [0.4, 0.5) is 18.9 Å². The number of aromatic amines is 1. The third kappa shape index (κ3) is 4.33. The molecule has 0 fully saturated rings. The first-order valence-corrected chi connectivity index (χ1v) is 8.36. The molecule has 1 heterocycles. The number of carbonyl (C=O) groups excluding carboxylic acids is 1. The molecule has 0 saturated heterocycles. The van der Waals surface area contributed by atoms with Crippen molar-refractivity contribution in [3.8, 4) is 0 Å². The van der Waals surface area contributed by atoms with E-state index < -0.39 is 11.7 Å². The van der Waals surface area contributed by atoms with E-state index in [0.717, 1.165) is 29.5 Å². The third-order valence-corrected chi connectivity index (χ3v) is 4.34. The van der Waals surface area contributed by atoms with E-state index in [1.807, 2.05) is 19.1 Å². The predicted octanol–water partition coefficient (Wildman–Crippen LogP) is 4.62. The third-order valence-electron chi connectivity index (χ3n) is 3.46. The Morgan fingerprint density at radius 2 is 1.92 bits per heavy atom. The number of fused-ring (bicyclic) bond motifs is 1. The number of H-pyrrole nitrogens is 1. The molecule has 25 heavy (non-hydrogen) atoms. The summed E-state index contributed by atoms with van der Waals surface area (Å²) in [5, 5.41) is 3.15. The maximum absolute atomic E-state index is 12.7. The number of benzene rings is 2. The lowest BCUT2D eigenvalue weighted by Crippen LogP contribution is -2.14. The summed E-state index contributed by atoms with van der Waals surface area (Å²) in [5.41, 5.74) is 1.76. The van der Waals surface area contributed by atoms with Crippen molar-refractivity contribution in [3.63, 3.8) is 0 Å². The number of alkyl halides is 3. The number of hydrogen-bond donors (Lipinski definition) is 2. The van der Waals surface area contributed by atoms with Gasteiger partial charge in [0.2, 0.25) is 5.91 Å². The highest BCUT2D eigenvalue weighted by molar-refractivity contribution is 7.99. The van der Waals surface area contributed by atoms with Crippen LogP contribution in [-0.4, -0.2) is 21.6 Å². The second-order valence-electron chi connectivity index (χ2n) is 5.47. The number of nitrogens with one attached hydrogen (secondary N) is 2. The van der Waals surface area contributed by atoms with Crippen LogP contribution in [0.15, 0.2) is 47.6 Å². The summed E-state index contributed by atoms with van der Waals surface area (Å²) in [6, 6.07) is 10.7. The van der Waals surface area contributed by atoms with E-state index in [2.05, 4.69) is 15.3 Å². The van der Waals surface area contributed by atoms with Crippen molar-refractivity contribution in [1.82, 2.24) is 9.97 Å². The summed E-state index contributed by atoms with van der Waals surface area (Å²) in [5.74, 6) is -0.120. The molecule has 0 bridgehead atoms. The van der Waals surface area contributed by atoms with Crippen LogP contribution in [0.25, 0.3) is 11.0 Å². The first kappa shape index (κ1) is 17.3. The Bertz CT molecular complexity index is 904. The predicted molar refractivity (Wildman–Crippen MR) is 91.6 cm³/mol.